The largest absolute Gasteiger partial charge is 0.374 e. The third-order valence-electron chi connectivity index (χ3n) is 4.03. The van der Waals surface area contributed by atoms with Crippen LogP contribution in [0.4, 0.5) is 0 Å². The van der Waals surface area contributed by atoms with Gasteiger partial charge in [0.15, 0.2) is 0 Å². The van der Waals surface area contributed by atoms with Gasteiger partial charge in [-0.05, 0) is 50.0 Å². The number of nitrogens with zero attached hydrogens (tertiary/aromatic N) is 2. The lowest BCUT2D eigenvalue weighted by Gasteiger charge is -2.37. The first kappa shape index (κ1) is 16.4. The van der Waals surface area contributed by atoms with E-state index in [4.69, 9.17) is 4.74 Å². The van der Waals surface area contributed by atoms with Crippen molar-refractivity contribution in [2.75, 3.05) is 32.8 Å². The van der Waals surface area contributed by atoms with Crippen molar-refractivity contribution in [3.8, 4) is 0 Å². The Morgan fingerprint density at radius 1 is 1.33 bits per heavy atom. The fourth-order valence-electron chi connectivity index (χ4n) is 2.93. The van der Waals surface area contributed by atoms with Crippen molar-refractivity contribution < 1.29 is 4.74 Å². The van der Waals surface area contributed by atoms with E-state index in [9.17, 15) is 0 Å². The molecule has 1 aliphatic heterocycles. The van der Waals surface area contributed by atoms with Gasteiger partial charge in [-0.15, -0.1) is 0 Å². The van der Waals surface area contributed by atoms with Crippen molar-refractivity contribution >= 4 is 0 Å². The Balaban J connectivity index is 1.97. The van der Waals surface area contributed by atoms with Gasteiger partial charge in [0.1, 0.15) is 0 Å². The normalized spacial score (nSPS) is 21.3. The van der Waals surface area contributed by atoms with Gasteiger partial charge in [-0.25, -0.2) is 0 Å². The van der Waals surface area contributed by atoms with Gasteiger partial charge >= 0.3 is 0 Å². The molecule has 0 saturated carbocycles. The van der Waals surface area contributed by atoms with Gasteiger partial charge in [-0.2, -0.15) is 0 Å². The van der Waals surface area contributed by atoms with E-state index in [0.717, 1.165) is 39.1 Å². The van der Waals surface area contributed by atoms with Crippen LogP contribution in [0.15, 0.2) is 24.5 Å². The maximum atomic E-state index is 6.07. The Labute approximate surface area is 128 Å². The number of aromatic nitrogens is 1. The van der Waals surface area contributed by atoms with Crippen LogP contribution in [0.1, 0.15) is 32.3 Å². The number of hydrogen-bond donors (Lipinski definition) is 1. The summed E-state index contributed by atoms with van der Waals surface area (Å²) in [6, 6.07) is 4.59. The standard InChI is InChI=1S/C17H29N3O/c1-3-7-19-16(13-15-5-8-18-9-6-15)17-14-20(10-4-2)11-12-21-17/h5-6,8-9,16-17,19H,3-4,7,10-14H2,1-2H3. The van der Waals surface area contributed by atoms with Crippen LogP contribution in [0.2, 0.25) is 0 Å². The molecule has 0 aliphatic carbocycles. The van der Waals surface area contributed by atoms with E-state index < -0.39 is 0 Å². The molecule has 4 heteroatoms. The zero-order valence-corrected chi connectivity index (χ0v) is 13.4. The predicted octanol–water partition coefficient (Wildman–Crippen LogP) is 2.10. The quantitative estimate of drug-likeness (QED) is 0.796. The topological polar surface area (TPSA) is 37.4 Å². The molecular weight excluding hydrogens is 262 g/mol. The number of nitrogens with one attached hydrogen (secondary N) is 1. The molecule has 0 aromatic carbocycles. The van der Waals surface area contributed by atoms with Gasteiger partial charge in [-0.1, -0.05) is 13.8 Å². The SMILES string of the molecule is CCCNC(Cc1ccncc1)C1CN(CCC)CCO1. The molecule has 0 amide bonds. The Morgan fingerprint density at radius 2 is 2.14 bits per heavy atom. The smallest absolute Gasteiger partial charge is 0.0858 e. The van der Waals surface area contributed by atoms with Crippen molar-refractivity contribution in [2.45, 2.75) is 45.3 Å². The highest BCUT2D eigenvalue weighted by atomic mass is 16.5. The van der Waals surface area contributed by atoms with Crippen molar-refractivity contribution in [3.63, 3.8) is 0 Å². The van der Waals surface area contributed by atoms with Crippen LogP contribution in [0, 0.1) is 0 Å². The summed E-state index contributed by atoms with van der Waals surface area (Å²) in [6.07, 6.45) is 7.40. The molecule has 21 heavy (non-hydrogen) atoms. The third kappa shape index (κ3) is 5.38. The second-order valence-corrected chi connectivity index (χ2v) is 5.83. The van der Waals surface area contributed by atoms with Crippen molar-refractivity contribution in [1.82, 2.24) is 15.2 Å². The molecular formula is C17H29N3O. The van der Waals surface area contributed by atoms with E-state index in [-0.39, 0.29) is 6.10 Å². The second-order valence-electron chi connectivity index (χ2n) is 5.83. The zero-order chi connectivity index (χ0) is 14.9. The molecule has 1 N–H and O–H groups in total. The average molecular weight is 291 g/mol. The van der Waals surface area contributed by atoms with E-state index in [1.54, 1.807) is 0 Å². The summed E-state index contributed by atoms with van der Waals surface area (Å²) in [7, 11) is 0. The number of ether oxygens (including phenoxy) is 1. The minimum atomic E-state index is 0.282. The maximum Gasteiger partial charge on any atom is 0.0858 e. The highest BCUT2D eigenvalue weighted by molar-refractivity contribution is 5.12. The number of pyridine rings is 1. The van der Waals surface area contributed by atoms with Crippen LogP contribution < -0.4 is 5.32 Å². The third-order valence-corrected chi connectivity index (χ3v) is 4.03. The van der Waals surface area contributed by atoms with Crippen LogP contribution in [0.5, 0.6) is 0 Å². The summed E-state index contributed by atoms with van der Waals surface area (Å²) < 4.78 is 6.07. The molecule has 1 aromatic heterocycles. The van der Waals surface area contributed by atoms with Crippen LogP contribution >= 0.6 is 0 Å². The monoisotopic (exact) mass is 291 g/mol. The Morgan fingerprint density at radius 3 is 2.86 bits per heavy atom. The highest BCUT2D eigenvalue weighted by Crippen LogP contribution is 2.14. The number of rotatable bonds is 8. The predicted molar refractivity (Wildman–Crippen MR) is 86.5 cm³/mol. The molecule has 1 saturated heterocycles. The van der Waals surface area contributed by atoms with Crippen molar-refractivity contribution in [3.05, 3.63) is 30.1 Å². The minimum Gasteiger partial charge on any atom is -0.374 e. The molecule has 1 fully saturated rings. The van der Waals surface area contributed by atoms with Gasteiger partial charge in [0.2, 0.25) is 0 Å². The van der Waals surface area contributed by atoms with Crippen molar-refractivity contribution in [2.24, 2.45) is 0 Å². The summed E-state index contributed by atoms with van der Waals surface area (Å²) in [5.41, 5.74) is 1.33. The van der Waals surface area contributed by atoms with E-state index in [1.165, 1.54) is 18.5 Å². The fourth-order valence-corrected chi connectivity index (χ4v) is 2.93. The molecule has 2 atom stereocenters. The van der Waals surface area contributed by atoms with E-state index in [1.807, 2.05) is 12.4 Å². The lowest BCUT2D eigenvalue weighted by Crippen LogP contribution is -2.53. The van der Waals surface area contributed by atoms with Crippen LogP contribution in [-0.2, 0) is 11.2 Å². The molecule has 1 aromatic rings. The maximum absolute atomic E-state index is 6.07. The first-order chi connectivity index (χ1) is 10.3. The first-order valence-electron chi connectivity index (χ1n) is 8.29. The summed E-state index contributed by atoms with van der Waals surface area (Å²) in [6.45, 7) is 9.64. The zero-order valence-electron chi connectivity index (χ0n) is 13.4. The van der Waals surface area contributed by atoms with E-state index >= 15 is 0 Å². The highest BCUT2D eigenvalue weighted by Gasteiger charge is 2.27. The molecule has 0 radical (unpaired) electrons. The Kier molecular flexibility index (Phi) is 7.13. The van der Waals surface area contributed by atoms with Gasteiger partial charge < -0.3 is 10.1 Å². The van der Waals surface area contributed by atoms with E-state index in [2.05, 4.69) is 41.2 Å². The molecule has 0 bridgehead atoms. The van der Waals surface area contributed by atoms with Gasteiger partial charge in [0, 0.05) is 31.5 Å². The Hall–Kier alpha value is -0.970. The lowest BCUT2D eigenvalue weighted by atomic mass is 10.0. The average Bonchev–Trinajstić information content (AvgIpc) is 2.53. The number of morpholine rings is 1. The molecule has 1 aliphatic rings. The first-order valence-corrected chi connectivity index (χ1v) is 8.29. The molecule has 0 spiro atoms. The van der Waals surface area contributed by atoms with Gasteiger partial charge in [-0.3, -0.25) is 9.88 Å². The van der Waals surface area contributed by atoms with Gasteiger partial charge in [0.05, 0.1) is 12.7 Å². The second kappa shape index (κ2) is 9.13. The minimum absolute atomic E-state index is 0.282. The lowest BCUT2D eigenvalue weighted by molar-refractivity contribution is -0.0461. The van der Waals surface area contributed by atoms with Crippen LogP contribution in [-0.4, -0.2) is 54.8 Å². The summed E-state index contributed by atoms with van der Waals surface area (Å²) in [4.78, 5) is 6.63. The molecule has 118 valence electrons. The summed E-state index contributed by atoms with van der Waals surface area (Å²) in [5, 5.41) is 3.68. The van der Waals surface area contributed by atoms with Crippen LogP contribution in [0.25, 0.3) is 0 Å². The number of hydrogen-bond acceptors (Lipinski definition) is 4. The van der Waals surface area contributed by atoms with Crippen molar-refractivity contribution in [1.29, 1.82) is 0 Å². The molecule has 2 heterocycles. The molecule has 4 nitrogen and oxygen atoms in total. The summed E-state index contributed by atoms with van der Waals surface area (Å²) >= 11 is 0. The fraction of sp³-hybridized carbons (Fsp3) is 0.706. The Bertz CT molecular complexity index is 383. The molecule has 2 rings (SSSR count). The van der Waals surface area contributed by atoms with Crippen LogP contribution in [0.3, 0.4) is 0 Å². The van der Waals surface area contributed by atoms with E-state index in [0.29, 0.717) is 6.04 Å². The van der Waals surface area contributed by atoms with Gasteiger partial charge in [0.25, 0.3) is 0 Å². The molecule has 2 unspecified atom stereocenters. The summed E-state index contributed by atoms with van der Waals surface area (Å²) in [5.74, 6) is 0.